The van der Waals surface area contributed by atoms with Crippen LogP contribution in [0.2, 0.25) is 0 Å². The molecule has 107 heavy (non-hydrogen) atoms. The van der Waals surface area contributed by atoms with E-state index in [0.29, 0.717) is 30.2 Å². The Hall–Kier alpha value is -2.65. The number of rotatable bonds is 28. The summed E-state index contributed by atoms with van der Waals surface area (Å²) in [5.74, 6) is 3.04. The molecular weight excluding hydrogens is 1490 g/mol. The van der Waals surface area contributed by atoms with Crippen molar-refractivity contribution < 1.29 is 178 Å². The number of aliphatic hydroxyl groups excluding tert-OH is 19. The summed E-state index contributed by atoms with van der Waals surface area (Å²) in [5, 5.41) is 221. The van der Waals surface area contributed by atoms with Gasteiger partial charge in [0.1, 0.15) is 159 Å². The molecule has 0 radical (unpaired) electrons. The van der Waals surface area contributed by atoms with Crippen LogP contribution in [0.4, 0.5) is 0 Å². The molecule has 35 atom stereocenters. The van der Waals surface area contributed by atoms with Crippen molar-refractivity contribution in [2.45, 2.75) is 267 Å². The number of unbranched alkanes of at least 4 members (excludes halogenated alkanes) is 3. The van der Waals surface area contributed by atoms with Gasteiger partial charge in [0.25, 0.3) is 0 Å². The van der Waals surface area contributed by atoms with Crippen LogP contribution >= 0.6 is 35.3 Å². The molecule has 616 valence electrons. The molecule has 22 heterocycles. The van der Waals surface area contributed by atoms with Crippen molar-refractivity contribution in [3.63, 3.8) is 0 Å². The number of imidazole rings is 1. The van der Waals surface area contributed by atoms with E-state index in [1.165, 1.54) is 24.3 Å². The second-order valence-corrected chi connectivity index (χ2v) is 30.7. The van der Waals surface area contributed by atoms with E-state index in [4.69, 9.17) is 77.8 Å². The average Bonchev–Trinajstić information content (AvgIpc) is 1.31. The van der Waals surface area contributed by atoms with Crippen LogP contribution in [0, 0.1) is 0 Å². The average molecular weight is 1600 g/mol. The van der Waals surface area contributed by atoms with E-state index in [-0.39, 0.29) is 36.1 Å². The first-order valence-corrected chi connectivity index (χ1v) is 39.2. The number of carbonyl (C=O) groups is 1. The first-order chi connectivity index (χ1) is 51.4. The Morgan fingerprint density at radius 2 is 0.692 bits per heavy atom. The molecule has 0 aromatic carbocycles. The van der Waals surface area contributed by atoms with Gasteiger partial charge in [-0.25, -0.2) is 4.98 Å². The molecule has 1 amide bonds. The highest BCUT2D eigenvalue weighted by molar-refractivity contribution is 7.99. The third-order valence-corrected chi connectivity index (χ3v) is 22.5. The number of nitrogens with zero attached hydrogens (tertiary/aromatic N) is 1. The molecule has 44 heteroatoms. The standard InChI is InChI=1S/C63H107N7O34S3/c1-2-105-12-9-67-33(64)7-5-3-4-6-8-34(65)68-10-13-106-22-31-55-41(82)48(89)62(96-31)101-53-29(20-74)93-59(45(86)38(53)79)100-52-28(19-73)95-61(47(88)40(52)81)104-56-32(23-107-14-11-69-35(76)15-25-16-66-24-70-25)97-63(49(90)42(56)83)102-54-30(21-75)92-58(44(85)37(54)78)98-50-26(17-71)91-57(43(84)36(50)77)99-51-27(18-72)94-60(103-55)46(87)39(51)80/h16,24,26-32,36-63,71-75,77-90H,2-15,17-23H2,1H3,(H2,64,67)(H2,65,68)(H,66,70)(H,69,76)/p+2/t26?,27?,28?,29?,30?,31?,32?,36-,37-,38-,39-,40-,41-,42-,43?,44?,45?,46?,47?,48?,49?,50-,51-,52-,53-,54-,55-,56-,57-,58-,59+,60+,61+,62-,63+/m1/s1. The van der Waals surface area contributed by atoms with E-state index in [1.807, 2.05) is 11.8 Å². The second kappa shape index (κ2) is 42.6. The quantitative estimate of drug-likeness (QED) is 0.0210. The number of aromatic nitrogens is 2. The smallest absolute Gasteiger partial charge is 0.240 e. The van der Waals surface area contributed by atoms with Crippen molar-refractivity contribution in [2.75, 3.05) is 87.2 Å². The highest BCUT2D eigenvalue weighted by atomic mass is 32.2. The van der Waals surface area contributed by atoms with E-state index < -0.39 is 248 Å². The topological polar surface area (TPSA) is 651 Å². The SMILES string of the molecule is CCSCC[NH+]=C(N)CCCCCCC(N)=[NH+]CCSCC1O[C@@H]2O[C@@H]3C(CO)O[C@@H](O[C@@H]4C(CO)O[C@@H](O[C@@H]5C(CSCCNC(=O)Cc6cnc[nH]6)O[C@@H](O[C@@H]6C(CO)O[C@H](O[C@@H]7C(CO)O[C@H](O[C@@H]8C(CO)O[C@@H](O[C@H]1[C@H](O)C2O)C(O)[C@H]8O)C(O)[C@H]7O)C(O)[C@H]6O)C(O)[C@H]5O)C(O)[C@H]4O)C(O)[C@H]3O. The number of hydrogen-bond acceptors (Lipinski definition) is 38. The zero-order valence-electron chi connectivity index (χ0n) is 58.7. The maximum atomic E-state index is 12.7. The van der Waals surface area contributed by atoms with Crippen LogP contribution in [0.5, 0.6) is 0 Å². The van der Waals surface area contributed by atoms with Gasteiger partial charge in [-0.05, 0) is 18.6 Å². The van der Waals surface area contributed by atoms with Crippen molar-refractivity contribution in [3.8, 4) is 0 Å². The van der Waals surface area contributed by atoms with Crippen LogP contribution in [-0.2, 0) is 77.5 Å². The van der Waals surface area contributed by atoms with Crippen LogP contribution in [0.3, 0.4) is 0 Å². The fraction of sp³-hybridized carbons (Fsp3) is 0.905. The van der Waals surface area contributed by atoms with Gasteiger partial charge in [-0.2, -0.15) is 35.3 Å². The molecule has 41 nitrogen and oxygen atoms in total. The second-order valence-electron chi connectivity index (χ2n) is 27.1. The number of hydrogen-bond donors (Lipinski definition) is 25. The predicted octanol–water partition coefficient (Wildman–Crippen LogP) is -14.7. The van der Waals surface area contributed by atoms with Crippen LogP contribution < -0.4 is 26.8 Å². The van der Waals surface area contributed by atoms with Crippen molar-refractivity contribution in [1.82, 2.24) is 15.3 Å². The molecule has 1 aromatic rings. The van der Waals surface area contributed by atoms with Crippen LogP contribution in [0.15, 0.2) is 12.5 Å². The lowest BCUT2D eigenvalue weighted by molar-refractivity contribution is -0.453. The minimum absolute atomic E-state index is 0.0335. The molecule has 14 bridgehead atoms. The van der Waals surface area contributed by atoms with Crippen LogP contribution in [0.25, 0.3) is 0 Å². The number of H-pyrrole nitrogens is 1. The molecule has 21 saturated heterocycles. The Labute approximate surface area is 627 Å². The third-order valence-electron chi connectivity index (χ3n) is 19.5. The number of nitrogens with two attached hydrogens (primary N) is 2. The summed E-state index contributed by atoms with van der Waals surface area (Å²) in [6.07, 6.45) is -61.4. The summed E-state index contributed by atoms with van der Waals surface area (Å²) in [6.45, 7) is -1.92. The highest BCUT2D eigenvalue weighted by Gasteiger charge is 2.60. The third kappa shape index (κ3) is 22.5. The van der Waals surface area contributed by atoms with E-state index >= 15 is 0 Å². The van der Waals surface area contributed by atoms with Gasteiger partial charge in [-0.15, -0.1) is 0 Å². The van der Waals surface area contributed by atoms with E-state index in [0.717, 1.165) is 67.8 Å². The lowest BCUT2D eigenvalue weighted by Crippen LogP contribution is -2.76. The van der Waals surface area contributed by atoms with Gasteiger partial charge in [-0.1, -0.05) is 19.8 Å². The molecule has 21 aliphatic rings. The summed E-state index contributed by atoms with van der Waals surface area (Å²) in [6, 6.07) is 0. The first-order valence-electron chi connectivity index (χ1n) is 35.8. The summed E-state index contributed by atoms with van der Waals surface area (Å²) in [7, 11) is 0. The summed E-state index contributed by atoms with van der Waals surface area (Å²) < 4.78 is 83.8. The van der Waals surface area contributed by atoms with Crippen LogP contribution in [-0.4, -0.2) is 427 Å². The molecule has 14 unspecified atom stereocenters. The van der Waals surface area contributed by atoms with Gasteiger partial charge < -0.3 is 174 Å². The monoisotopic (exact) mass is 1600 g/mol. The number of ether oxygens (including phenoxy) is 14. The Morgan fingerprint density at radius 1 is 0.411 bits per heavy atom. The molecule has 0 spiro atoms. The fourth-order valence-corrected chi connectivity index (χ4v) is 15.9. The Bertz CT molecular complexity index is 2830. The minimum Gasteiger partial charge on any atom is -0.394 e. The van der Waals surface area contributed by atoms with Gasteiger partial charge in [-0.3, -0.25) is 26.2 Å². The molecule has 22 rings (SSSR count). The lowest BCUT2D eigenvalue weighted by Gasteiger charge is -2.50. The molecular formula is C63H109N7O34S3+2. The molecule has 0 saturated carbocycles. The number of aromatic amines is 1. The summed E-state index contributed by atoms with van der Waals surface area (Å²) in [5.41, 5.74) is 13.0. The minimum atomic E-state index is -2.22. The van der Waals surface area contributed by atoms with E-state index in [1.54, 1.807) is 0 Å². The first kappa shape index (κ1) is 88.3. The summed E-state index contributed by atoms with van der Waals surface area (Å²) in [4.78, 5) is 25.8. The fourth-order valence-electron chi connectivity index (χ4n) is 13.5. The van der Waals surface area contributed by atoms with E-state index in [2.05, 4.69) is 32.2 Å². The van der Waals surface area contributed by atoms with Gasteiger partial charge >= 0.3 is 0 Å². The summed E-state index contributed by atoms with van der Waals surface area (Å²) >= 11 is 4.13. The lowest BCUT2D eigenvalue weighted by atomic mass is 9.95. The number of carbonyl (C=O) groups excluding carboxylic acids is 1. The number of aliphatic hydroxyl groups is 19. The van der Waals surface area contributed by atoms with Crippen molar-refractivity contribution in [1.29, 1.82) is 0 Å². The molecule has 21 aliphatic heterocycles. The predicted molar refractivity (Wildman–Crippen MR) is 365 cm³/mol. The van der Waals surface area contributed by atoms with Crippen molar-refractivity contribution in [3.05, 3.63) is 18.2 Å². The van der Waals surface area contributed by atoms with Crippen molar-refractivity contribution >= 4 is 52.9 Å². The number of amides is 1. The normalized spacial score (nSPS) is 43.5. The zero-order chi connectivity index (χ0) is 77.3. The Kier molecular flexibility index (Phi) is 35.2. The van der Waals surface area contributed by atoms with E-state index in [9.17, 15) is 102 Å². The van der Waals surface area contributed by atoms with Crippen LogP contribution in [0.1, 0.15) is 51.1 Å². The van der Waals surface area contributed by atoms with Gasteiger partial charge in [0, 0.05) is 60.0 Å². The Morgan fingerprint density at radius 3 is 0.972 bits per heavy atom. The van der Waals surface area contributed by atoms with Gasteiger partial charge in [0.2, 0.25) is 17.6 Å². The largest absolute Gasteiger partial charge is 0.394 e. The van der Waals surface area contributed by atoms with Crippen molar-refractivity contribution in [2.24, 2.45) is 11.5 Å². The highest BCUT2D eigenvalue weighted by Crippen LogP contribution is 2.40. The zero-order valence-corrected chi connectivity index (χ0v) is 61.1. The molecule has 0 aliphatic carbocycles. The molecule has 27 N–H and O–H groups in total. The maximum Gasteiger partial charge on any atom is 0.240 e. The number of nitrogens with one attached hydrogen (secondary N) is 4. The van der Waals surface area contributed by atoms with Gasteiger partial charge in [0.15, 0.2) is 44.0 Å². The number of thioether (sulfide) groups is 3. The molecule has 21 fully saturated rings. The maximum absolute atomic E-state index is 12.7. The molecule has 1 aromatic heterocycles. The number of amidine groups is 2. The van der Waals surface area contributed by atoms with Gasteiger partial charge in [0.05, 0.1) is 71.1 Å². The Balaban J connectivity index is 0.956.